The molecule has 98 valence electrons. The molecule has 3 nitrogen and oxygen atoms in total. The van der Waals surface area contributed by atoms with Crippen molar-refractivity contribution in [3.05, 3.63) is 18.0 Å². The number of hydrogen-bond acceptors (Lipinski definition) is 2. The van der Waals surface area contributed by atoms with Crippen LogP contribution in [0.1, 0.15) is 45.2 Å². The molecule has 3 heteroatoms. The van der Waals surface area contributed by atoms with Gasteiger partial charge >= 0.3 is 0 Å². The smallest absolute Gasteiger partial charge is 0.0492 e. The van der Waals surface area contributed by atoms with Gasteiger partial charge in [-0.05, 0) is 24.9 Å². The minimum absolute atomic E-state index is 0.849. The summed E-state index contributed by atoms with van der Waals surface area (Å²) in [5, 5.41) is 7.75. The van der Waals surface area contributed by atoms with Crippen LogP contribution in [-0.4, -0.2) is 22.9 Å². The molecule has 1 aromatic heterocycles. The molecule has 0 fully saturated rings. The number of nitrogens with zero attached hydrogens (tertiary/aromatic N) is 2. The summed E-state index contributed by atoms with van der Waals surface area (Å²) in [7, 11) is 2.01. The van der Waals surface area contributed by atoms with E-state index in [2.05, 4.69) is 30.3 Å². The number of nitrogens with one attached hydrogen (secondary N) is 1. The Morgan fingerprint density at radius 3 is 2.82 bits per heavy atom. The fraction of sp³-hybridized carbons (Fsp3) is 0.786. The maximum absolute atomic E-state index is 4.18. The van der Waals surface area contributed by atoms with Crippen LogP contribution in [0.4, 0.5) is 0 Å². The quantitative estimate of drug-likeness (QED) is 0.669. The molecule has 17 heavy (non-hydrogen) atoms. The molecule has 1 atom stereocenters. The van der Waals surface area contributed by atoms with Crippen molar-refractivity contribution in [3.63, 3.8) is 0 Å². The Kier molecular flexibility index (Phi) is 6.94. The SMILES string of the molecule is CCCCC(CC)CNCCc1ccnn1C. The summed E-state index contributed by atoms with van der Waals surface area (Å²) in [6.07, 6.45) is 8.27. The molecular weight excluding hydrogens is 210 g/mol. The first-order valence-corrected chi connectivity index (χ1v) is 6.95. The van der Waals surface area contributed by atoms with Gasteiger partial charge < -0.3 is 5.32 Å². The van der Waals surface area contributed by atoms with Crippen molar-refractivity contribution >= 4 is 0 Å². The van der Waals surface area contributed by atoms with E-state index in [0.717, 1.165) is 25.4 Å². The van der Waals surface area contributed by atoms with Crippen molar-refractivity contribution in [2.45, 2.75) is 46.0 Å². The number of aromatic nitrogens is 2. The largest absolute Gasteiger partial charge is 0.316 e. The summed E-state index contributed by atoms with van der Waals surface area (Å²) in [5.41, 5.74) is 1.30. The minimum Gasteiger partial charge on any atom is -0.316 e. The van der Waals surface area contributed by atoms with Crippen LogP contribution in [0.5, 0.6) is 0 Å². The van der Waals surface area contributed by atoms with E-state index in [1.54, 1.807) is 0 Å². The third-order valence-electron chi connectivity index (χ3n) is 3.46. The Morgan fingerprint density at radius 2 is 2.24 bits per heavy atom. The van der Waals surface area contributed by atoms with Gasteiger partial charge in [-0.15, -0.1) is 0 Å². The second-order valence-electron chi connectivity index (χ2n) is 4.82. The Labute approximate surface area is 106 Å². The van der Waals surface area contributed by atoms with Crippen LogP contribution in [-0.2, 0) is 13.5 Å². The third-order valence-corrected chi connectivity index (χ3v) is 3.46. The van der Waals surface area contributed by atoms with Crippen LogP contribution in [0.3, 0.4) is 0 Å². The standard InChI is InChI=1S/C14H27N3/c1-4-6-7-13(5-2)12-15-10-8-14-9-11-16-17(14)3/h9,11,13,15H,4-8,10,12H2,1-3H3. The van der Waals surface area contributed by atoms with Gasteiger partial charge in [0, 0.05) is 31.9 Å². The molecule has 1 unspecified atom stereocenters. The number of aryl methyl sites for hydroxylation is 1. The lowest BCUT2D eigenvalue weighted by molar-refractivity contribution is 0.420. The van der Waals surface area contributed by atoms with Gasteiger partial charge in [0.05, 0.1) is 0 Å². The van der Waals surface area contributed by atoms with Gasteiger partial charge in [-0.25, -0.2) is 0 Å². The van der Waals surface area contributed by atoms with Crippen LogP contribution in [0.15, 0.2) is 12.3 Å². The van der Waals surface area contributed by atoms with E-state index in [-0.39, 0.29) is 0 Å². The van der Waals surface area contributed by atoms with Crippen molar-refractivity contribution in [1.82, 2.24) is 15.1 Å². The summed E-state index contributed by atoms with van der Waals surface area (Å²) in [4.78, 5) is 0. The van der Waals surface area contributed by atoms with Crippen LogP contribution in [0, 0.1) is 5.92 Å². The first-order valence-electron chi connectivity index (χ1n) is 6.95. The predicted molar refractivity (Wildman–Crippen MR) is 73.1 cm³/mol. The third kappa shape index (κ3) is 5.35. The molecule has 0 saturated carbocycles. The molecule has 1 rings (SSSR count). The lowest BCUT2D eigenvalue weighted by Gasteiger charge is -2.15. The van der Waals surface area contributed by atoms with Gasteiger partial charge in [0.1, 0.15) is 0 Å². The fourth-order valence-corrected chi connectivity index (χ4v) is 2.11. The topological polar surface area (TPSA) is 29.9 Å². The molecule has 0 radical (unpaired) electrons. The monoisotopic (exact) mass is 237 g/mol. The highest BCUT2D eigenvalue weighted by molar-refractivity contribution is 5.00. The molecule has 0 bridgehead atoms. The van der Waals surface area contributed by atoms with Gasteiger partial charge in [-0.2, -0.15) is 5.10 Å². The summed E-state index contributed by atoms with van der Waals surface area (Å²) >= 11 is 0. The summed E-state index contributed by atoms with van der Waals surface area (Å²) in [6, 6.07) is 2.09. The van der Waals surface area contributed by atoms with Gasteiger partial charge in [0.2, 0.25) is 0 Å². The molecule has 0 aliphatic rings. The maximum Gasteiger partial charge on any atom is 0.0492 e. The number of unbranched alkanes of at least 4 members (excludes halogenated alkanes) is 1. The Morgan fingerprint density at radius 1 is 1.41 bits per heavy atom. The second kappa shape index (κ2) is 8.29. The van der Waals surface area contributed by atoms with Gasteiger partial charge in [0.15, 0.2) is 0 Å². The first kappa shape index (κ1) is 14.2. The van der Waals surface area contributed by atoms with Gasteiger partial charge in [-0.3, -0.25) is 4.68 Å². The molecular formula is C14H27N3. The normalized spacial score (nSPS) is 12.9. The predicted octanol–water partition coefficient (Wildman–Crippen LogP) is 2.77. The van der Waals surface area contributed by atoms with E-state index in [1.807, 2.05) is 17.9 Å². The van der Waals surface area contributed by atoms with E-state index in [9.17, 15) is 0 Å². The zero-order valence-corrected chi connectivity index (χ0v) is 11.6. The summed E-state index contributed by atoms with van der Waals surface area (Å²) in [6.45, 7) is 6.78. The van der Waals surface area contributed by atoms with Gasteiger partial charge in [0.25, 0.3) is 0 Å². The lowest BCUT2D eigenvalue weighted by atomic mass is 9.99. The molecule has 0 amide bonds. The molecule has 0 spiro atoms. The zero-order valence-electron chi connectivity index (χ0n) is 11.6. The minimum atomic E-state index is 0.849. The summed E-state index contributed by atoms with van der Waals surface area (Å²) < 4.78 is 1.95. The van der Waals surface area contributed by atoms with Crippen LogP contribution in [0.25, 0.3) is 0 Å². The molecule has 0 aliphatic carbocycles. The zero-order chi connectivity index (χ0) is 12.5. The van der Waals surface area contributed by atoms with Crippen molar-refractivity contribution < 1.29 is 0 Å². The van der Waals surface area contributed by atoms with E-state index in [1.165, 1.54) is 31.4 Å². The van der Waals surface area contributed by atoms with E-state index in [4.69, 9.17) is 0 Å². The number of hydrogen-bond donors (Lipinski definition) is 1. The molecule has 0 saturated heterocycles. The van der Waals surface area contributed by atoms with Gasteiger partial charge in [-0.1, -0.05) is 33.1 Å². The van der Waals surface area contributed by atoms with Crippen molar-refractivity contribution in [1.29, 1.82) is 0 Å². The second-order valence-corrected chi connectivity index (χ2v) is 4.82. The van der Waals surface area contributed by atoms with Crippen molar-refractivity contribution in [2.75, 3.05) is 13.1 Å². The molecule has 0 aliphatic heterocycles. The van der Waals surface area contributed by atoms with Crippen molar-refractivity contribution in [3.8, 4) is 0 Å². The van der Waals surface area contributed by atoms with Crippen LogP contribution in [0.2, 0.25) is 0 Å². The summed E-state index contributed by atoms with van der Waals surface area (Å²) in [5.74, 6) is 0.849. The Balaban J connectivity index is 2.12. The Bertz CT molecular complexity index is 293. The highest BCUT2D eigenvalue weighted by Gasteiger charge is 2.05. The molecule has 1 N–H and O–H groups in total. The van der Waals surface area contributed by atoms with E-state index in [0.29, 0.717) is 0 Å². The van der Waals surface area contributed by atoms with Crippen LogP contribution < -0.4 is 5.32 Å². The average Bonchev–Trinajstić information content (AvgIpc) is 2.74. The molecule has 1 aromatic rings. The van der Waals surface area contributed by atoms with E-state index >= 15 is 0 Å². The lowest BCUT2D eigenvalue weighted by Crippen LogP contribution is -2.25. The number of rotatable bonds is 9. The molecule has 0 aromatic carbocycles. The van der Waals surface area contributed by atoms with Crippen molar-refractivity contribution in [2.24, 2.45) is 13.0 Å². The first-order chi connectivity index (χ1) is 8.27. The maximum atomic E-state index is 4.18. The molecule has 1 heterocycles. The average molecular weight is 237 g/mol. The van der Waals surface area contributed by atoms with E-state index < -0.39 is 0 Å². The fourth-order valence-electron chi connectivity index (χ4n) is 2.11. The highest BCUT2D eigenvalue weighted by Crippen LogP contribution is 2.11. The Hall–Kier alpha value is -0.830. The highest BCUT2D eigenvalue weighted by atomic mass is 15.3. The van der Waals surface area contributed by atoms with Crippen LogP contribution >= 0.6 is 0 Å².